The number of nitrogens with one attached hydrogen (secondary N) is 1. The molecule has 0 spiro atoms. The van der Waals surface area contributed by atoms with E-state index in [1.54, 1.807) is 32.3 Å². The minimum absolute atomic E-state index is 0. The number of rotatable bonds is 2. The summed E-state index contributed by atoms with van der Waals surface area (Å²) in [5.41, 5.74) is 5.35. The van der Waals surface area contributed by atoms with Gasteiger partial charge >= 0.3 is 0 Å². The molecule has 0 unspecified atom stereocenters. The van der Waals surface area contributed by atoms with Gasteiger partial charge in [0.05, 0.1) is 6.04 Å². The topological polar surface area (TPSA) is 77.1 Å². The van der Waals surface area contributed by atoms with Crippen LogP contribution < -0.4 is 16.6 Å². The molecule has 1 rings (SSSR count). The van der Waals surface area contributed by atoms with E-state index in [1.807, 2.05) is 0 Å². The molecular formula is C9H14ClN3O2. The smallest absolute Gasteiger partial charge is 0.274 e. The van der Waals surface area contributed by atoms with E-state index in [2.05, 4.69) is 5.32 Å². The highest BCUT2D eigenvalue weighted by Crippen LogP contribution is 1.97. The van der Waals surface area contributed by atoms with E-state index < -0.39 is 6.04 Å². The van der Waals surface area contributed by atoms with E-state index in [0.717, 1.165) is 0 Å². The first-order valence-corrected chi connectivity index (χ1v) is 4.24. The van der Waals surface area contributed by atoms with Gasteiger partial charge in [-0.05, 0) is 19.1 Å². The lowest BCUT2D eigenvalue weighted by Gasteiger charge is -2.07. The molecule has 0 aromatic carbocycles. The first-order chi connectivity index (χ1) is 6.52. The molecule has 0 aliphatic carbocycles. The molecule has 0 radical (unpaired) electrons. The van der Waals surface area contributed by atoms with Crippen molar-refractivity contribution in [3.63, 3.8) is 0 Å². The van der Waals surface area contributed by atoms with Crippen LogP contribution in [-0.4, -0.2) is 16.5 Å². The zero-order chi connectivity index (χ0) is 10.7. The number of aryl methyl sites for hydroxylation is 1. The van der Waals surface area contributed by atoms with Crippen LogP contribution in [0.1, 0.15) is 6.92 Å². The lowest BCUT2D eigenvalue weighted by Crippen LogP contribution is -2.34. The Kier molecular flexibility index (Phi) is 5.04. The van der Waals surface area contributed by atoms with Crippen molar-refractivity contribution in [2.75, 3.05) is 5.32 Å². The summed E-state index contributed by atoms with van der Waals surface area (Å²) in [5.74, 6) is -0.367. The first kappa shape index (κ1) is 13.7. The number of amides is 1. The van der Waals surface area contributed by atoms with Gasteiger partial charge < -0.3 is 15.6 Å². The summed E-state index contributed by atoms with van der Waals surface area (Å²) in [5, 5.41) is 2.45. The van der Waals surface area contributed by atoms with Crippen LogP contribution in [0.5, 0.6) is 0 Å². The lowest BCUT2D eigenvalue weighted by molar-refractivity contribution is -0.117. The fraction of sp³-hybridized carbons (Fsp3) is 0.333. The number of carbonyl (C=O) groups excluding carboxylic acids is 1. The van der Waals surface area contributed by atoms with Gasteiger partial charge in [-0.2, -0.15) is 0 Å². The standard InChI is InChI=1S/C9H13N3O2.ClH/c1-6(10)8(13)11-7-4-3-5-12(2)9(7)14;/h3-6H,10H2,1-2H3,(H,11,13);1H/t6-;/m0./s1. The average molecular weight is 232 g/mol. The molecule has 1 atom stereocenters. The number of hydrogen-bond donors (Lipinski definition) is 2. The molecule has 0 saturated carbocycles. The van der Waals surface area contributed by atoms with Crippen molar-refractivity contribution in [3.05, 3.63) is 28.7 Å². The van der Waals surface area contributed by atoms with Crippen molar-refractivity contribution in [3.8, 4) is 0 Å². The minimum Gasteiger partial charge on any atom is -0.320 e. The summed E-state index contributed by atoms with van der Waals surface area (Å²) in [6.07, 6.45) is 1.61. The summed E-state index contributed by atoms with van der Waals surface area (Å²) < 4.78 is 1.39. The molecule has 0 saturated heterocycles. The Bertz CT molecular complexity index is 401. The highest BCUT2D eigenvalue weighted by molar-refractivity contribution is 5.94. The SMILES string of the molecule is C[C@H](N)C(=O)Nc1cccn(C)c1=O.Cl. The largest absolute Gasteiger partial charge is 0.320 e. The normalized spacial score (nSPS) is 11.4. The highest BCUT2D eigenvalue weighted by Gasteiger charge is 2.09. The van der Waals surface area contributed by atoms with Crippen LogP contribution in [0, 0.1) is 0 Å². The first-order valence-electron chi connectivity index (χ1n) is 4.24. The predicted octanol–water partition coefficient (Wildman–Crippen LogP) is 0.0928. The summed E-state index contributed by atoms with van der Waals surface area (Å²) >= 11 is 0. The Morgan fingerprint density at radius 2 is 2.20 bits per heavy atom. The van der Waals surface area contributed by atoms with Crippen molar-refractivity contribution >= 4 is 24.0 Å². The lowest BCUT2D eigenvalue weighted by atomic mass is 10.3. The van der Waals surface area contributed by atoms with Crippen LogP contribution in [-0.2, 0) is 11.8 Å². The molecule has 1 aromatic heterocycles. The van der Waals surface area contributed by atoms with Gasteiger partial charge in [0.25, 0.3) is 5.56 Å². The third-order valence-electron chi connectivity index (χ3n) is 1.79. The second kappa shape index (κ2) is 5.53. The Morgan fingerprint density at radius 3 is 2.73 bits per heavy atom. The third-order valence-corrected chi connectivity index (χ3v) is 1.79. The Balaban J connectivity index is 0.00000196. The van der Waals surface area contributed by atoms with Crippen LogP contribution in [0.25, 0.3) is 0 Å². The molecule has 5 nitrogen and oxygen atoms in total. The van der Waals surface area contributed by atoms with Crippen molar-refractivity contribution in [1.29, 1.82) is 0 Å². The second-order valence-electron chi connectivity index (χ2n) is 3.12. The second-order valence-corrected chi connectivity index (χ2v) is 3.12. The minimum atomic E-state index is -0.625. The van der Waals surface area contributed by atoms with E-state index in [9.17, 15) is 9.59 Å². The van der Waals surface area contributed by atoms with Crippen LogP contribution >= 0.6 is 12.4 Å². The number of nitrogens with zero attached hydrogens (tertiary/aromatic N) is 1. The average Bonchev–Trinajstić information content (AvgIpc) is 2.12. The van der Waals surface area contributed by atoms with Crippen molar-refractivity contribution in [1.82, 2.24) is 4.57 Å². The monoisotopic (exact) mass is 231 g/mol. The van der Waals surface area contributed by atoms with Crippen molar-refractivity contribution in [2.24, 2.45) is 12.8 Å². The Labute approximate surface area is 93.7 Å². The molecule has 0 aliphatic rings. The van der Waals surface area contributed by atoms with Gasteiger partial charge in [0.2, 0.25) is 5.91 Å². The maximum Gasteiger partial charge on any atom is 0.274 e. The maximum absolute atomic E-state index is 11.4. The van der Waals surface area contributed by atoms with E-state index in [-0.39, 0.29) is 29.6 Å². The van der Waals surface area contributed by atoms with Crippen LogP contribution in [0.15, 0.2) is 23.1 Å². The van der Waals surface area contributed by atoms with Crippen molar-refractivity contribution in [2.45, 2.75) is 13.0 Å². The number of pyridine rings is 1. The molecule has 0 bridgehead atoms. The molecule has 84 valence electrons. The molecular weight excluding hydrogens is 218 g/mol. The number of nitrogens with two attached hydrogens (primary N) is 1. The Morgan fingerprint density at radius 1 is 1.60 bits per heavy atom. The molecule has 1 heterocycles. The van der Waals surface area contributed by atoms with Crippen LogP contribution in [0.3, 0.4) is 0 Å². The summed E-state index contributed by atoms with van der Waals surface area (Å²) in [7, 11) is 1.61. The van der Waals surface area contributed by atoms with Crippen LogP contribution in [0.4, 0.5) is 5.69 Å². The van der Waals surface area contributed by atoms with Gasteiger partial charge in [-0.25, -0.2) is 0 Å². The van der Waals surface area contributed by atoms with E-state index >= 15 is 0 Å². The quantitative estimate of drug-likeness (QED) is 0.758. The zero-order valence-corrected chi connectivity index (χ0v) is 9.38. The van der Waals surface area contributed by atoms with Gasteiger partial charge in [-0.15, -0.1) is 12.4 Å². The van der Waals surface area contributed by atoms with Gasteiger partial charge in [0, 0.05) is 13.2 Å². The van der Waals surface area contributed by atoms with E-state index in [4.69, 9.17) is 5.73 Å². The molecule has 1 amide bonds. The number of halogens is 1. The molecule has 6 heteroatoms. The van der Waals surface area contributed by atoms with E-state index in [1.165, 1.54) is 4.57 Å². The number of aromatic nitrogens is 1. The summed E-state index contributed by atoms with van der Waals surface area (Å²) in [6.45, 7) is 1.56. The van der Waals surface area contributed by atoms with E-state index in [0.29, 0.717) is 0 Å². The fourth-order valence-electron chi connectivity index (χ4n) is 0.939. The molecule has 0 fully saturated rings. The van der Waals surface area contributed by atoms with Crippen LogP contribution in [0.2, 0.25) is 0 Å². The number of hydrogen-bond acceptors (Lipinski definition) is 3. The summed E-state index contributed by atoms with van der Waals surface area (Å²) in [4.78, 5) is 22.6. The van der Waals surface area contributed by atoms with Crippen molar-refractivity contribution < 1.29 is 4.79 Å². The van der Waals surface area contributed by atoms with Gasteiger partial charge in [0.1, 0.15) is 5.69 Å². The third kappa shape index (κ3) is 3.38. The fourth-order valence-corrected chi connectivity index (χ4v) is 0.939. The maximum atomic E-state index is 11.4. The molecule has 0 aliphatic heterocycles. The van der Waals surface area contributed by atoms with Gasteiger partial charge in [-0.1, -0.05) is 0 Å². The Hall–Kier alpha value is -1.33. The van der Waals surface area contributed by atoms with Gasteiger partial charge in [-0.3, -0.25) is 9.59 Å². The molecule has 15 heavy (non-hydrogen) atoms. The predicted molar refractivity (Wildman–Crippen MR) is 61.2 cm³/mol. The van der Waals surface area contributed by atoms with Gasteiger partial charge in [0.15, 0.2) is 0 Å². The molecule has 3 N–H and O–H groups in total. The summed E-state index contributed by atoms with van der Waals surface area (Å²) in [6, 6.07) is 2.60. The zero-order valence-electron chi connectivity index (χ0n) is 8.56. The number of carbonyl (C=O) groups is 1. The molecule has 1 aromatic rings. The highest BCUT2D eigenvalue weighted by atomic mass is 35.5. The number of anilines is 1.